The molecular formula is C24H25N5O3S. The van der Waals surface area contributed by atoms with Crippen molar-refractivity contribution >= 4 is 32.6 Å². The van der Waals surface area contributed by atoms with Crippen molar-refractivity contribution < 1.29 is 13.2 Å². The second-order valence-electron chi connectivity index (χ2n) is 8.49. The minimum absolute atomic E-state index is 0.0460. The predicted octanol–water partition coefficient (Wildman–Crippen LogP) is 3.13. The number of nitrogens with zero attached hydrogens (tertiary/aromatic N) is 4. The van der Waals surface area contributed by atoms with E-state index in [-0.39, 0.29) is 30.0 Å². The average molecular weight is 464 g/mol. The number of hydrogen-bond acceptors (Lipinski definition) is 5. The van der Waals surface area contributed by atoms with Gasteiger partial charge in [-0.1, -0.05) is 42.5 Å². The number of para-hydroxylation sites is 2. The molecule has 8 nitrogen and oxygen atoms in total. The third kappa shape index (κ3) is 4.54. The Morgan fingerprint density at radius 1 is 1.12 bits per heavy atom. The molecule has 0 aliphatic carbocycles. The average Bonchev–Trinajstić information content (AvgIpc) is 3.44. The van der Waals surface area contributed by atoms with Crippen LogP contribution in [0.4, 0.5) is 5.82 Å². The summed E-state index contributed by atoms with van der Waals surface area (Å²) in [6, 6.07) is 19.3. The molecule has 2 aromatic heterocycles. The van der Waals surface area contributed by atoms with Crippen LogP contribution in [-0.2, 0) is 27.6 Å². The van der Waals surface area contributed by atoms with Crippen LogP contribution in [-0.4, -0.2) is 45.2 Å². The number of hydrogen-bond donors (Lipinski definition) is 1. The van der Waals surface area contributed by atoms with Crippen LogP contribution in [0.2, 0.25) is 0 Å². The van der Waals surface area contributed by atoms with Crippen LogP contribution in [0.15, 0.2) is 60.7 Å². The molecule has 1 N–H and O–H groups in total. The molecule has 1 aliphatic heterocycles. The zero-order chi connectivity index (χ0) is 23.0. The van der Waals surface area contributed by atoms with E-state index in [4.69, 9.17) is 4.98 Å². The predicted molar refractivity (Wildman–Crippen MR) is 127 cm³/mol. The summed E-state index contributed by atoms with van der Waals surface area (Å²) in [4.78, 5) is 17.9. The first-order chi connectivity index (χ1) is 15.9. The normalized spacial score (nSPS) is 17.4. The van der Waals surface area contributed by atoms with Gasteiger partial charge >= 0.3 is 0 Å². The maximum Gasteiger partial charge on any atom is 0.245 e. The highest BCUT2D eigenvalue weighted by Crippen LogP contribution is 2.27. The van der Waals surface area contributed by atoms with E-state index in [9.17, 15) is 13.2 Å². The van der Waals surface area contributed by atoms with Crippen molar-refractivity contribution in [3.05, 3.63) is 77.7 Å². The summed E-state index contributed by atoms with van der Waals surface area (Å²) in [7, 11) is -3.07. The van der Waals surface area contributed by atoms with E-state index >= 15 is 0 Å². The number of carbonyl (C=O) groups excluding carboxylic acids is 1. The molecule has 4 aromatic rings. The van der Waals surface area contributed by atoms with Crippen molar-refractivity contribution in [2.24, 2.45) is 0 Å². The van der Waals surface area contributed by atoms with Gasteiger partial charge in [0.1, 0.15) is 18.2 Å². The van der Waals surface area contributed by atoms with Gasteiger partial charge in [-0.05, 0) is 31.0 Å². The third-order valence-electron chi connectivity index (χ3n) is 5.92. The number of amides is 1. The molecule has 3 heterocycles. The molecule has 5 rings (SSSR count). The van der Waals surface area contributed by atoms with Gasteiger partial charge in [-0.15, -0.1) is 0 Å². The molecule has 1 aliphatic rings. The maximum absolute atomic E-state index is 13.1. The Morgan fingerprint density at radius 3 is 2.64 bits per heavy atom. The second-order valence-corrected chi connectivity index (χ2v) is 10.7. The van der Waals surface area contributed by atoms with E-state index in [2.05, 4.69) is 10.4 Å². The first kappa shape index (κ1) is 21.4. The number of rotatable bonds is 6. The van der Waals surface area contributed by atoms with Crippen LogP contribution in [0, 0.1) is 6.92 Å². The fourth-order valence-corrected chi connectivity index (χ4v) is 6.09. The highest BCUT2D eigenvalue weighted by Gasteiger charge is 2.31. The number of fused-ring (bicyclic) bond motifs is 1. The van der Waals surface area contributed by atoms with Gasteiger partial charge in [-0.2, -0.15) is 5.10 Å². The van der Waals surface area contributed by atoms with E-state index < -0.39 is 9.84 Å². The molecule has 1 unspecified atom stereocenters. The van der Waals surface area contributed by atoms with Crippen LogP contribution in [0.3, 0.4) is 0 Å². The van der Waals surface area contributed by atoms with Crippen molar-refractivity contribution in [1.82, 2.24) is 19.3 Å². The Kier molecular flexibility index (Phi) is 5.49. The van der Waals surface area contributed by atoms with E-state index in [1.165, 1.54) is 0 Å². The summed E-state index contributed by atoms with van der Waals surface area (Å²) >= 11 is 0. The molecule has 0 radical (unpaired) electrons. The monoisotopic (exact) mass is 463 g/mol. The molecule has 0 saturated carbocycles. The number of sulfone groups is 1. The minimum atomic E-state index is -3.07. The van der Waals surface area contributed by atoms with Crippen molar-refractivity contribution in [2.45, 2.75) is 32.4 Å². The quantitative estimate of drug-likeness (QED) is 0.474. The lowest BCUT2D eigenvalue weighted by Crippen LogP contribution is -2.23. The fourth-order valence-electron chi connectivity index (χ4n) is 4.40. The first-order valence-electron chi connectivity index (χ1n) is 10.9. The smallest absolute Gasteiger partial charge is 0.245 e. The van der Waals surface area contributed by atoms with Gasteiger partial charge in [0.15, 0.2) is 9.84 Å². The van der Waals surface area contributed by atoms with E-state index in [0.29, 0.717) is 18.7 Å². The topological polar surface area (TPSA) is 98.9 Å². The Balaban J connectivity index is 1.41. The standard InChI is InChI=1S/C24H25N5O3S/c1-17-13-23(29(27-17)19-11-12-33(31,32)16-19)26-24(30)15-28-21-10-6-5-9-20(21)25-22(28)14-18-7-3-2-4-8-18/h2-10,13,19H,11-12,14-16H2,1H3,(H,26,30). The van der Waals surface area contributed by atoms with Crippen LogP contribution in [0.5, 0.6) is 0 Å². The lowest BCUT2D eigenvalue weighted by Gasteiger charge is -2.15. The Hall–Kier alpha value is -3.46. The lowest BCUT2D eigenvalue weighted by molar-refractivity contribution is -0.116. The van der Waals surface area contributed by atoms with Gasteiger partial charge in [0.05, 0.1) is 34.3 Å². The Bertz CT molecular complexity index is 1420. The van der Waals surface area contributed by atoms with Gasteiger partial charge in [0.25, 0.3) is 0 Å². The summed E-state index contributed by atoms with van der Waals surface area (Å²) in [5.41, 5.74) is 3.58. The van der Waals surface area contributed by atoms with Crippen molar-refractivity contribution in [3.63, 3.8) is 0 Å². The number of aromatic nitrogens is 4. The summed E-state index contributed by atoms with van der Waals surface area (Å²) in [5.74, 6) is 1.31. The molecule has 9 heteroatoms. The fraction of sp³-hybridized carbons (Fsp3) is 0.292. The molecule has 0 spiro atoms. The Morgan fingerprint density at radius 2 is 1.88 bits per heavy atom. The zero-order valence-electron chi connectivity index (χ0n) is 18.3. The summed E-state index contributed by atoms with van der Waals surface area (Å²) in [6.45, 7) is 1.92. The van der Waals surface area contributed by atoms with Crippen LogP contribution >= 0.6 is 0 Å². The summed E-state index contributed by atoms with van der Waals surface area (Å²) in [6.07, 6.45) is 1.11. The van der Waals surface area contributed by atoms with Gasteiger partial charge in [0.2, 0.25) is 5.91 Å². The molecule has 2 aromatic carbocycles. The molecule has 0 bridgehead atoms. The van der Waals surface area contributed by atoms with Crippen molar-refractivity contribution in [2.75, 3.05) is 16.8 Å². The number of anilines is 1. The maximum atomic E-state index is 13.1. The van der Waals surface area contributed by atoms with Gasteiger partial charge in [-0.25, -0.2) is 18.1 Å². The Labute approximate surface area is 192 Å². The van der Waals surface area contributed by atoms with Gasteiger partial charge < -0.3 is 9.88 Å². The van der Waals surface area contributed by atoms with Gasteiger partial charge in [0, 0.05) is 12.5 Å². The minimum Gasteiger partial charge on any atom is -0.318 e. The molecule has 1 fully saturated rings. The zero-order valence-corrected chi connectivity index (χ0v) is 19.1. The highest BCUT2D eigenvalue weighted by atomic mass is 32.2. The van der Waals surface area contributed by atoms with Gasteiger partial charge in [-0.3, -0.25) is 4.79 Å². The largest absolute Gasteiger partial charge is 0.318 e. The van der Waals surface area contributed by atoms with Crippen LogP contribution in [0.1, 0.15) is 29.5 Å². The molecule has 170 valence electrons. The van der Waals surface area contributed by atoms with Crippen LogP contribution in [0.25, 0.3) is 11.0 Å². The molecule has 1 saturated heterocycles. The number of carbonyl (C=O) groups is 1. The van der Waals surface area contributed by atoms with Crippen LogP contribution < -0.4 is 5.32 Å². The molecular weight excluding hydrogens is 438 g/mol. The van der Waals surface area contributed by atoms with Crippen molar-refractivity contribution in [1.29, 1.82) is 0 Å². The molecule has 33 heavy (non-hydrogen) atoms. The highest BCUT2D eigenvalue weighted by molar-refractivity contribution is 7.91. The lowest BCUT2D eigenvalue weighted by atomic mass is 10.1. The first-order valence-corrected chi connectivity index (χ1v) is 12.7. The molecule has 1 amide bonds. The summed E-state index contributed by atoms with van der Waals surface area (Å²) in [5, 5.41) is 7.40. The van der Waals surface area contributed by atoms with E-state index in [0.717, 1.165) is 28.1 Å². The van der Waals surface area contributed by atoms with E-state index in [1.54, 1.807) is 10.7 Å². The number of nitrogens with one attached hydrogen (secondary N) is 1. The number of aryl methyl sites for hydroxylation is 1. The van der Waals surface area contributed by atoms with Crippen molar-refractivity contribution in [3.8, 4) is 0 Å². The third-order valence-corrected chi connectivity index (χ3v) is 7.67. The summed E-state index contributed by atoms with van der Waals surface area (Å²) < 4.78 is 27.5. The second kappa shape index (κ2) is 8.47. The SMILES string of the molecule is Cc1cc(NC(=O)Cn2c(Cc3ccccc3)nc3ccccc32)n(C2CCS(=O)(=O)C2)n1. The number of imidazole rings is 1. The molecule has 1 atom stereocenters. The number of benzene rings is 2. The van der Waals surface area contributed by atoms with E-state index in [1.807, 2.05) is 66.1 Å².